The predicted octanol–water partition coefficient (Wildman–Crippen LogP) is 3.08. The first kappa shape index (κ1) is 20.6. The highest BCUT2D eigenvalue weighted by Gasteiger charge is 2.46. The van der Waals surface area contributed by atoms with E-state index in [-0.39, 0.29) is 36.5 Å². The van der Waals surface area contributed by atoms with Crippen molar-refractivity contribution in [3.05, 3.63) is 29.8 Å². The van der Waals surface area contributed by atoms with Gasteiger partial charge in [-0.1, -0.05) is 6.42 Å². The first-order valence-electron chi connectivity index (χ1n) is 8.39. The lowest BCUT2D eigenvalue weighted by Gasteiger charge is -2.12. The topological polar surface area (TPSA) is 85.8 Å². The zero-order valence-electron chi connectivity index (χ0n) is 14.2. The van der Waals surface area contributed by atoms with Crippen LogP contribution in [0.3, 0.4) is 0 Å². The van der Waals surface area contributed by atoms with E-state index in [4.69, 9.17) is 5.73 Å². The summed E-state index contributed by atoms with van der Waals surface area (Å²) < 4.78 is 16.4. The molecule has 1 aromatic heterocycles. The highest BCUT2D eigenvalue weighted by atomic mass is 35.5. The minimum absolute atomic E-state index is 0. The van der Waals surface area contributed by atoms with E-state index in [0.29, 0.717) is 29.9 Å². The fourth-order valence-electron chi connectivity index (χ4n) is 3.08. The number of rotatable bonds is 3. The van der Waals surface area contributed by atoms with E-state index < -0.39 is 5.54 Å². The standard InChI is InChI=1S/C17H20FN5O.2ClH/c18-13-6-5-11(20-16(24)17(19)7-8-17)10-12(13)15-22-21-14-4-2-1-3-9-23(14)15;;/h5-6,10H,1-4,7-9,19H2,(H,20,24);2*1H. The number of aryl methyl sites for hydroxylation is 1. The molecule has 1 aliphatic heterocycles. The maximum atomic E-state index is 14.4. The molecule has 0 radical (unpaired) electrons. The molecule has 1 aliphatic carbocycles. The number of carbonyl (C=O) groups excluding carboxylic acids is 1. The fourth-order valence-corrected chi connectivity index (χ4v) is 3.08. The van der Waals surface area contributed by atoms with Crippen LogP contribution in [0, 0.1) is 5.82 Å². The summed E-state index contributed by atoms with van der Waals surface area (Å²) in [7, 11) is 0. The fraction of sp³-hybridized carbons (Fsp3) is 0.471. The summed E-state index contributed by atoms with van der Waals surface area (Å²) in [5.74, 6) is 0.825. The largest absolute Gasteiger partial charge is 0.324 e. The van der Waals surface area contributed by atoms with Crippen LogP contribution < -0.4 is 11.1 Å². The smallest absolute Gasteiger partial charge is 0.244 e. The average Bonchev–Trinajstić information content (AvgIpc) is 3.27. The van der Waals surface area contributed by atoms with Gasteiger partial charge in [0.15, 0.2) is 5.82 Å². The average molecular weight is 402 g/mol. The number of aromatic nitrogens is 3. The number of nitrogens with zero attached hydrogens (tertiary/aromatic N) is 3. The molecule has 9 heteroatoms. The molecule has 1 fully saturated rings. The van der Waals surface area contributed by atoms with Crippen molar-refractivity contribution in [1.29, 1.82) is 0 Å². The molecule has 142 valence electrons. The number of hydrogen-bond donors (Lipinski definition) is 2. The number of carbonyl (C=O) groups is 1. The number of hydrogen-bond acceptors (Lipinski definition) is 4. The minimum atomic E-state index is -0.763. The van der Waals surface area contributed by atoms with Gasteiger partial charge in [-0.2, -0.15) is 0 Å². The van der Waals surface area contributed by atoms with Crippen LogP contribution in [0.25, 0.3) is 11.4 Å². The van der Waals surface area contributed by atoms with Crippen molar-refractivity contribution >= 4 is 36.4 Å². The highest BCUT2D eigenvalue weighted by Crippen LogP contribution is 2.34. The summed E-state index contributed by atoms with van der Waals surface area (Å²) in [6, 6.07) is 4.50. The molecule has 2 aliphatic rings. The molecule has 26 heavy (non-hydrogen) atoms. The van der Waals surface area contributed by atoms with E-state index >= 15 is 0 Å². The first-order chi connectivity index (χ1) is 11.6. The molecule has 3 N–H and O–H groups in total. The number of nitrogens with one attached hydrogen (secondary N) is 1. The molecule has 1 saturated carbocycles. The zero-order valence-corrected chi connectivity index (χ0v) is 15.8. The molecule has 0 saturated heterocycles. The first-order valence-corrected chi connectivity index (χ1v) is 8.39. The van der Waals surface area contributed by atoms with Gasteiger partial charge in [0.25, 0.3) is 0 Å². The third-order valence-corrected chi connectivity index (χ3v) is 4.82. The summed E-state index contributed by atoms with van der Waals surface area (Å²) in [4.78, 5) is 12.1. The Balaban J connectivity index is 0.00000121. The Morgan fingerprint density at radius 1 is 1.19 bits per heavy atom. The molecule has 0 spiro atoms. The van der Waals surface area contributed by atoms with Crippen molar-refractivity contribution in [3.63, 3.8) is 0 Å². The number of amides is 1. The van der Waals surface area contributed by atoms with Gasteiger partial charge in [0.1, 0.15) is 11.6 Å². The second kappa shape index (κ2) is 7.90. The SMILES string of the molecule is Cl.Cl.NC1(C(=O)Nc2ccc(F)c(-c3nnc4n3CCCCC4)c2)CC1. The van der Waals surface area contributed by atoms with Crippen molar-refractivity contribution in [2.24, 2.45) is 5.73 Å². The zero-order chi connectivity index (χ0) is 16.7. The Morgan fingerprint density at radius 3 is 2.69 bits per heavy atom. The van der Waals surface area contributed by atoms with Gasteiger partial charge in [-0.3, -0.25) is 4.79 Å². The van der Waals surface area contributed by atoms with Crippen LogP contribution in [0.1, 0.15) is 37.9 Å². The van der Waals surface area contributed by atoms with Crippen LogP contribution in [0.4, 0.5) is 10.1 Å². The van der Waals surface area contributed by atoms with Gasteiger partial charge < -0.3 is 15.6 Å². The lowest BCUT2D eigenvalue weighted by atomic mass is 10.1. The van der Waals surface area contributed by atoms with Crippen molar-refractivity contribution in [2.45, 2.75) is 50.6 Å². The Bertz CT molecular complexity index is 806. The molecule has 4 rings (SSSR count). The number of nitrogens with two attached hydrogens (primary N) is 1. The third-order valence-electron chi connectivity index (χ3n) is 4.82. The summed E-state index contributed by atoms with van der Waals surface area (Å²) in [6.45, 7) is 0.791. The summed E-state index contributed by atoms with van der Waals surface area (Å²) >= 11 is 0. The van der Waals surface area contributed by atoms with E-state index in [2.05, 4.69) is 15.5 Å². The van der Waals surface area contributed by atoms with E-state index in [9.17, 15) is 9.18 Å². The number of anilines is 1. The molecule has 1 amide bonds. The van der Waals surface area contributed by atoms with Crippen LogP contribution in [0.15, 0.2) is 18.2 Å². The quantitative estimate of drug-likeness (QED) is 0.826. The Kier molecular flexibility index (Phi) is 6.26. The van der Waals surface area contributed by atoms with E-state index in [1.165, 1.54) is 6.07 Å². The third kappa shape index (κ3) is 3.84. The van der Waals surface area contributed by atoms with Crippen LogP contribution in [-0.4, -0.2) is 26.2 Å². The molecular formula is C17H22Cl2FN5O. The molecule has 2 aromatic rings. The van der Waals surface area contributed by atoms with Gasteiger partial charge in [0, 0.05) is 18.7 Å². The predicted molar refractivity (Wildman–Crippen MR) is 102 cm³/mol. The van der Waals surface area contributed by atoms with Crippen molar-refractivity contribution < 1.29 is 9.18 Å². The number of benzene rings is 1. The van der Waals surface area contributed by atoms with E-state index in [0.717, 1.165) is 38.1 Å². The van der Waals surface area contributed by atoms with Crippen LogP contribution in [0.5, 0.6) is 0 Å². The molecule has 0 unspecified atom stereocenters. The van der Waals surface area contributed by atoms with Crippen LogP contribution >= 0.6 is 24.8 Å². The molecule has 0 bridgehead atoms. The summed E-state index contributed by atoms with van der Waals surface area (Å²) in [6.07, 6.45) is 5.48. The normalized spacial score (nSPS) is 17.2. The molecule has 1 aromatic carbocycles. The molecular weight excluding hydrogens is 380 g/mol. The second-order valence-electron chi connectivity index (χ2n) is 6.71. The minimum Gasteiger partial charge on any atom is -0.324 e. The number of halogens is 3. The van der Waals surface area contributed by atoms with Crippen molar-refractivity contribution in [1.82, 2.24) is 14.8 Å². The number of fused-ring (bicyclic) bond motifs is 1. The van der Waals surface area contributed by atoms with Gasteiger partial charge >= 0.3 is 0 Å². The Morgan fingerprint density at radius 2 is 1.96 bits per heavy atom. The van der Waals surface area contributed by atoms with Gasteiger partial charge in [0.2, 0.25) is 5.91 Å². The summed E-state index contributed by atoms with van der Waals surface area (Å²) in [5, 5.41) is 11.2. The Hall–Kier alpha value is -1.70. The molecule has 2 heterocycles. The lowest BCUT2D eigenvalue weighted by Crippen LogP contribution is -2.37. The van der Waals surface area contributed by atoms with Crippen LogP contribution in [-0.2, 0) is 17.8 Å². The summed E-state index contributed by atoms with van der Waals surface area (Å²) in [5.41, 5.74) is 6.02. The van der Waals surface area contributed by atoms with Crippen molar-refractivity contribution in [3.8, 4) is 11.4 Å². The highest BCUT2D eigenvalue weighted by molar-refractivity contribution is 6.00. The van der Waals surface area contributed by atoms with E-state index in [1.54, 1.807) is 12.1 Å². The maximum absolute atomic E-state index is 14.4. The lowest BCUT2D eigenvalue weighted by molar-refractivity contribution is -0.118. The monoisotopic (exact) mass is 401 g/mol. The van der Waals surface area contributed by atoms with Gasteiger partial charge in [-0.15, -0.1) is 35.0 Å². The Labute approximate surface area is 163 Å². The molecule has 6 nitrogen and oxygen atoms in total. The van der Waals surface area contributed by atoms with Crippen LogP contribution in [0.2, 0.25) is 0 Å². The molecule has 0 atom stereocenters. The van der Waals surface area contributed by atoms with Gasteiger partial charge in [0.05, 0.1) is 11.1 Å². The maximum Gasteiger partial charge on any atom is 0.244 e. The van der Waals surface area contributed by atoms with Gasteiger partial charge in [-0.25, -0.2) is 4.39 Å². The van der Waals surface area contributed by atoms with Crippen molar-refractivity contribution in [2.75, 3.05) is 5.32 Å². The van der Waals surface area contributed by atoms with Gasteiger partial charge in [-0.05, 0) is 43.9 Å². The second-order valence-corrected chi connectivity index (χ2v) is 6.71. The van der Waals surface area contributed by atoms with E-state index in [1.807, 2.05) is 4.57 Å².